The van der Waals surface area contributed by atoms with Gasteiger partial charge in [0.2, 0.25) is 6.41 Å². The number of nitrogens with one attached hydrogen (secondary N) is 1. The number of hydrogen-bond donors (Lipinski definition) is 2. The molecular formula is C27H32ClN3O3. The van der Waals surface area contributed by atoms with E-state index in [9.17, 15) is 4.79 Å². The summed E-state index contributed by atoms with van der Waals surface area (Å²) in [6.07, 6.45) is 5.95. The van der Waals surface area contributed by atoms with E-state index in [4.69, 9.17) is 21.4 Å². The maximum absolute atomic E-state index is 11.9. The van der Waals surface area contributed by atoms with Crippen LogP contribution in [0.1, 0.15) is 48.5 Å². The van der Waals surface area contributed by atoms with Gasteiger partial charge < -0.3 is 24.6 Å². The van der Waals surface area contributed by atoms with Gasteiger partial charge in [0.1, 0.15) is 11.9 Å². The van der Waals surface area contributed by atoms with Crippen LogP contribution in [0.3, 0.4) is 0 Å². The van der Waals surface area contributed by atoms with E-state index in [1.807, 2.05) is 35.2 Å². The molecule has 2 aliphatic rings. The van der Waals surface area contributed by atoms with Crippen molar-refractivity contribution >= 4 is 28.9 Å². The Labute approximate surface area is 205 Å². The molecule has 1 amide bonds. The Morgan fingerprint density at radius 3 is 2.62 bits per heavy atom. The lowest BCUT2D eigenvalue weighted by Crippen LogP contribution is -2.38. The minimum absolute atomic E-state index is 0.149. The van der Waals surface area contributed by atoms with Gasteiger partial charge in [0.05, 0.1) is 6.04 Å². The van der Waals surface area contributed by atoms with E-state index in [2.05, 4.69) is 22.0 Å². The van der Waals surface area contributed by atoms with Crippen molar-refractivity contribution in [3.8, 4) is 5.75 Å². The number of unbranched alkanes of at least 4 members (excludes halogenated alkanes) is 1. The van der Waals surface area contributed by atoms with Crippen molar-refractivity contribution < 1.29 is 14.6 Å². The number of likely N-dealkylation sites (tertiary alicyclic amines) is 1. The number of aliphatic hydroxyl groups excluding tert-OH is 1. The van der Waals surface area contributed by atoms with E-state index in [0.29, 0.717) is 6.54 Å². The minimum atomic E-state index is -0.149. The molecule has 1 aromatic heterocycles. The number of halogens is 1. The van der Waals surface area contributed by atoms with Gasteiger partial charge in [-0.15, -0.1) is 0 Å². The number of fused-ring (bicyclic) bond motifs is 3. The predicted octanol–water partition coefficient (Wildman–Crippen LogP) is 4.54. The fourth-order valence-corrected chi connectivity index (χ4v) is 5.54. The van der Waals surface area contributed by atoms with Crippen LogP contribution in [0.5, 0.6) is 5.75 Å². The van der Waals surface area contributed by atoms with Gasteiger partial charge in [-0.1, -0.05) is 23.7 Å². The highest BCUT2D eigenvalue weighted by atomic mass is 35.5. The normalized spacial score (nSPS) is 19.4. The Hall–Kier alpha value is -2.54. The molecule has 1 saturated heterocycles. The summed E-state index contributed by atoms with van der Waals surface area (Å²) in [4.78, 5) is 19.8. The van der Waals surface area contributed by atoms with Crippen LogP contribution < -0.4 is 4.74 Å². The maximum atomic E-state index is 11.9. The third-order valence-electron chi connectivity index (χ3n) is 7.18. The third kappa shape index (κ3) is 4.81. The topological polar surface area (TPSA) is 68.8 Å². The number of benzene rings is 2. The lowest BCUT2D eigenvalue weighted by molar-refractivity contribution is -0.120. The Balaban J connectivity index is 1.29. The van der Waals surface area contributed by atoms with Crippen molar-refractivity contribution in [2.24, 2.45) is 0 Å². The highest BCUT2D eigenvalue weighted by Crippen LogP contribution is 2.39. The molecule has 34 heavy (non-hydrogen) atoms. The average molecular weight is 482 g/mol. The number of rotatable bonds is 8. The van der Waals surface area contributed by atoms with Gasteiger partial charge >= 0.3 is 0 Å². The Morgan fingerprint density at radius 1 is 1.09 bits per heavy atom. The highest BCUT2D eigenvalue weighted by Gasteiger charge is 2.31. The number of hydrogen-bond acceptors (Lipinski definition) is 4. The molecule has 2 aliphatic heterocycles. The number of amides is 1. The molecule has 0 spiro atoms. The van der Waals surface area contributed by atoms with Gasteiger partial charge in [0.15, 0.2) is 0 Å². The fraction of sp³-hybridized carbons (Fsp3) is 0.444. The van der Waals surface area contributed by atoms with Gasteiger partial charge in [-0.2, -0.15) is 0 Å². The van der Waals surface area contributed by atoms with Crippen molar-refractivity contribution in [2.45, 2.75) is 44.2 Å². The number of piperidine rings is 1. The smallest absolute Gasteiger partial charge is 0.210 e. The third-order valence-corrected chi connectivity index (χ3v) is 7.41. The first-order valence-electron chi connectivity index (χ1n) is 12.3. The number of H-pyrrole nitrogens is 1. The van der Waals surface area contributed by atoms with E-state index in [-0.39, 0.29) is 18.8 Å². The second-order valence-corrected chi connectivity index (χ2v) is 9.80. The minimum Gasteiger partial charge on any atom is -0.490 e. The average Bonchev–Trinajstić information content (AvgIpc) is 3.23. The number of carbonyl (C=O) groups excluding carboxylic acids is 1. The SMILES string of the molecule is O=CN1CCc2c([nH]c3ccc(Cl)cc23)C1c1ccc(OC2CCN(CCCCO)CC2)cc1. The van der Waals surface area contributed by atoms with Crippen LogP contribution in [0.15, 0.2) is 42.5 Å². The molecule has 0 aliphatic carbocycles. The van der Waals surface area contributed by atoms with E-state index >= 15 is 0 Å². The van der Waals surface area contributed by atoms with Crippen molar-refractivity contribution in [3.05, 3.63) is 64.3 Å². The molecule has 6 nitrogen and oxygen atoms in total. The predicted molar refractivity (Wildman–Crippen MR) is 134 cm³/mol. The quantitative estimate of drug-likeness (QED) is 0.366. The summed E-state index contributed by atoms with van der Waals surface area (Å²) in [5, 5.41) is 10.8. The van der Waals surface area contributed by atoms with E-state index in [1.165, 1.54) is 5.56 Å². The molecule has 5 rings (SSSR count). The van der Waals surface area contributed by atoms with Gasteiger partial charge in [-0.25, -0.2) is 0 Å². The first kappa shape index (κ1) is 23.2. The summed E-state index contributed by atoms with van der Waals surface area (Å²) < 4.78 is 6.28. The van der Waals surface area contributed by atoms with Crippen molar-refractivity contribution in [1.82, 2.24) is 14.8 Å². The van der Waals surface area contributed by atoms with Gasteiger partial charge in [0, 0.05) is 47.9 Å². The Kier molecular flexibility index (Phi) is 7.09. The van der Waals surface area contributed by atoms with Crippen LogP contribution in [0.25, 0.3) is 10.9 Å². The number of carbonyl (C=O) groups is 1. The summed E-state index contributed by atoms with van der Waals surface area (Å²) in [6, 6.07) is 14.0. The van der Waals surface area contributed by atoms with Crippen LogP contribution in [0.2, 0.25) is 5.02 Å². The van der Waals surface area contributed by atoms with Crippen LogP contribution in [-0.2, 0) is 11.2 Å². The molecule has 0 saturated carbocycles. The first-order chi connectivity index (χ1) is 16.7. The zero-order valence-corrected chi connectivity index (χ0v) is 20.1. The van der Waals surface area contributed by atoms with E-state index < -0.39 is 0 Å². The molecule has 7 heteroatoms. The first-order valence-corrected chi connectivity index (χ1v) is 12.6. The Bertz CT molecular complexity index is 1120. The molecular weight excluding hydrogens is 450 g/mol. The van der Waals surface area contributed by atoms with Gasteiger partial charge in [0.25, 0.3) is 0 Å². The summed E-state index contributed by atoms with van der Waals surface area (Å²) in [7, 11) is 0. The van der Waals surface area contributed by atoms with Crippen molar-refractivity contribution in [2.75, 3.05) is 32.8 Å². The highest BCUT2D eigenvalue weighted by molar-refractivity contribution is 6.31. The summed E-state index contributed by atoms with van der Waals surface area (Å²) in [5.74, 6) is 0.875. The van der Waals surface area contributed by atoms with Crippen LogP contribution in [0.4, 0.5) is 0 Å². The molecule has 0 bridgehead atoms. The molecule has 1 atom stereocenters. The lowest BCUT2D eigenvalue weighted by atomic mass is 9.93. The molecule has 1 fully saturated rings. The summed E-state index contributed by atoms with van der Waals surface area (Å²) in [6.45, 7) is 4.08. The van der Waals surface area contributed by atoms with E-state index in [0.717, 1.165) is 91.1 Å². The Morgan fingerprint density at radius 2 is 1.88 bits per heavy atom. The van der Waals surface area contributed by atoms with Crippen molar-refractivity contribution in [1.29, 1.82) is 0 Å². The lowest BCUT2D eigenvalue weighted by Gasteiger charge is -2.34. The monoisotopic (exact) mass is 481 g/mol. The van der Waals surface area contributed by atoms with Crippen LogP contribution in [-0.4, -0.2) is 65.2 Å². The molecule has 3 heterocycles. The van der Waals surface area contributed by atoms with Crippen molar-refractivity contribution in [3.63, 3.8) is 0 Å². The second-order valence-electron chi connectivity index (χ2n) is 9.36. The van der Waals surface area contributed by atoms with Crippen LogP contribution in [0, 0.1) is 0 Å². The molecule has 1 unspecified atom stereocenters. The molecule has 0 radical (unpaired) electrons. The summed E-state index contributed by atoms with van der Waals surface area (Å²) >= 11 is 6.26. The standard InChI is InChI=1S/C27H32ClN3O3/c28-20-5-8-25-24(17-20)23-11-15-31(18-33)27(26(23)29-25)19-3-6-21(7-4-19)34-22-9-13-30(14-10-22)12-1-2-16-32/h3-8,17-18,22,27,29,32H,1-2,9-16H2. The number of ether oxygens (including phenoxy) is 1. The fourth-order valence-electron chi connectivity index (χ4n) is 5.37. The summed E-state index contributed by atoms with van der Waals surface area (Å²) in [5.41, 5.74) is 4.43. The van der Waals surface area contributed by atoms with Gasteiger partial charge in [-0.05, 0) is 80.1 Å². The van der Waals surface area contributed by atoms with Crippen LogP contribution >= 0.6 is 11.6 Å². The van der Waals surface area contributed by atoms with E-state index in [1.54, 1.807) is 0 Å². The molecule has 3 aromatic rings. The maximum Gasteiger partial charge on any atom is 0.210 e. The largest absolute Gasteiger partial charge is 0.490 e. The molecule has 2 aromatic carbocycles. The zero-order valence-electron chi connectivity index (χ0n) is 19.4. The number of nitrogens with zero attached hydrogens (tertiary/aromatic N) is 2. The number of aromatic amines is 1. The molecule has 180 valence electrons. The number of aliphatic hydroxyl groups is 1. The second kappa shape index (κ2) is 10.4. The zero-order chi connectivity index (χ0) is 23.5. The van der Waals surface area contributed by atoms with Gasteiger partial charge in [-0.3, -0.25) is 4.79 Å². The number of aromatic nitrogens is 1. The molecule has 2 N–H and O–H groups in total.